The molecule has 1 saturated heterocycles. The topological polar surface area (TPSA) is 59.8 Å². The van der Waals surface area contributed by atoms with Crippen molar-refractivity contribution in [3.8, 4) is 11.5 Å². The standard InChI is InChI=1S/C23H26N4O3/c1-17-2-4-19-14-24-27(20(19)12-17)7-6-23(28)26-10-8-25(9-11-26)15-18-3-5-21-22(13-18)30-16-29-21/h2-5,12-14H,6-11,15-16H2,1H3. The van der Waals surface area contributed by atoms with Crippen LogP contribution in [0.4, 0.5) is 0 Å². The Labute approximate surface area is 175 Å². The molecule has 1 fully saturated rings. The monoisotopic (exact) mass is 406 g/mol. The molecule has 5 rings (SSSR count). The summed E-state index contributed by atoms with van der Waals surface area (Å²) in [7, 11) is 0. The highest BCUT2D eigenvalue weighted by atomic mass is 16.7. The largest absolute Gasteiger partial charge is 0.454 e. The molecule has 7 nitrogen and oxygen atoms in total. The van der Waals surface area contributed by atoms with E-state index in [1.807, 2.05) is 21.8 Å². The second kappa shape index (κ2) is 7.99. The molecule has 156 valence electrons. The van der Waals surface area contributed by atoms with Crippen molar-refractivity contribution in [2.24, 2.45) is 0 Å². The Hall–Kier alpha value is -3.06. The van der Waals surface area contributed by atoms with E-state index in [-0.39, 0.29) is 5.91 Å². The first kappa shape index (κ1) is 18.9. The smallest absolute Gasteiger partial charge is 0.231 e. The van der Waals surface area contributed by atoms with Crippen molar-refractivity contribution in [2.75, 3.05) is 33.0 Å². The van der Waals surface area contributed by atoms with Crippen LogP contribution in [-0.2, 0) is 17.9 Å². The van der Waals surface area contributed by atoms with Crippen molar-refractivity contribution in [1.29, 1.82) is 0 Å². The summed E-state index contributed by atoms with van der Waals surface area (Å²) in [6, 6.07) is 12.4. The fourth-order valence-corrected chi connectivity index (χ4v) is 4.17. The Kier molecular flexibility index (Phi) is 5.04. The van der Waals surface area contributed by atoms with Gasteiger partial charge in [0, 0.05) is 44.5 Å². The lowest BCUT2D eigenvalue weighted by Gasteiger charge is -2.34. The molecule has 1 amide bonds. The van der Waals surface area contributed by atoms with Crippen LogP contribution in [0.25, 0.3) is 10.9 Å². The minimum absolute atomic E-state index is 0.203. The summed E-state index contributed by atoms with van der Waals surface area (Å²) in [5.74, 6) is 1.84. The van der Waals surface area contributed by atoms with E-state index in [1.54, 1.807) is 0 Å². The Bertz CT molecular complexity index is 1070. The van der Waals surface area contributed by atoms with Gasteiger partial charge in [-0.3, -0.25) is 14.4 Å². The van der Waals surface area contributed by atoms with Gasteiger partial charge in [-0.15, -0.1) is 0 Å². The Morgan fingerprint density at radius 2 is 1.87 bits per heavy atom. The fourth-order valence-electron chi connectivity index (χ4n) is 4.17. The second-order valence-electron chi connectivity index (χ2n) is 8.02. The van der Waals surface area contributed by atoms with E-state index in [0.717, 1.165) is 55.1 Å². The molecule has 30 heavy (non-hydrogen) atoms. The van der Waals surface area contributed by atoms with Gasteiger partial charge in [-0.25, -0.2) is 0 Å². The summed E-state index contributed by atoms with van der Waals surface area (Å²) in [5, 5.41) is 5.57. The first-order chi connectivity index (χ1) is 14.7. The third-order valence-electron chi connectivity index (χ3n) is 5.91. The first-order valence-corrected chi connectivity index (χ1v) is 10.5. The first-order valence-electron chi connectivity index (χ1n) is 10.5. The zero-order valence-corrected chi connectivity index (χ0v) is 17.2. The highest BCUT2D eigenvalue weighted by molar-refractivity contribution is 5.80. The molecule has 2 aliphatic heterocycles. The number of carbonyl (C=O) groups is 1. The number of piperazine rings is 1. The van der Waals surface area contributed by atoms with Gasteiger partial charge >= 0.3 is 0 Å². The molecular formula is C23H26N4O3. The predicted molar refractivity (Wildman–Crippen MR) is 114 cm³/mol. The van der Waals surface area contributed by atoms with Gasteiger partial charge in [-0.1, -0.05) is 18.2 Å². The maximum Gasteiger partial charge on any atom is 0.231 e. The number of rotatable bonds is 5. The lowest BCUT2D eigenvalue weighted by atomic mass is 10.1. The Morgan fingerprint density at radius 3 is 2.73 bits per heavy atom. The van der Waals surface area contributed by atoms with Crippen LogP contribution in [0, 0.1) is 6.92 Å². The molecule has 0 unspecified atom stereocenters. The average molecular weight is 406 g/mol. The predicted octanol–water partition coefficient (Wildman–Crippen LogP) is 2.81. The summed E-state index contributed by atoms with van der Waals surface area (Å²) in [5.41, 5.74) is 3.50. The van der Waals surface area contributed by atoms with E-state index >= 15 is 0 Å². The number of aryl methyl sites for hydroxylation is 2. The van der Waals surface area contributed by atoms with E-state index in [9.17, 15) is 4.79 Å². The highest BCUT2D eigenvalue weighted by Gasteiger charge is 2.22. The van der Waals surface area contributed by atoms with Gasteiger partial charge in [-0.2, -0.15) is 5.10 Å². The van der Waals surface area contributed by atoms with Crippen LogP contribution in [0.1, 0.15) is 17.5 Å². The fraction of sp³-hybridized carbons (Fsp3) is 0.391. The van der Waals surface area contributed by atoms with E-state index < -0.39 is 0 Å². The molecular weight excluding hydrogens is 380 g/mol. The Balaban J connectivity index is 1.13. The van der Waals surface area contributed by atoms with E-state index in [2.05, 4.69) is 47.3 Å². The van der Waals surface area contributed by atoms with Crippen LogP contribution in [0.2, 0.25) is 0 Å². The molecule has 0 saturated carbocycles. The van der Waals surface area contributed by atoms with Crippen molar-refractivity contribution in [3.63, 3.8) is 0 Å². The van der Waals surface area contributed by atoms with Crippen LogP contribution >= 0.6 is 0 Å². The average Bonchev–Trinajstić information content (AvgIpc) is 3.38. The van der Waals surface area contributed by atoms with Gasteiger partial charge in [0.2, 0.25) is 12.7 Å². The number of hydrogen-bond donors (Lipinski definition) is 0. The van der Waals surface area contributed by atoms with Crippen molar-refractivity contribution < 1.29 is 14.3 Å². The summed E-state index contributed by atoms with van der Waals surface area (Å²) in [4.78, 5) is 17.1. The number of carbonyl (C=O) groups excluding carboxylic acids is 1. The number of benzene rings is 2. The van der Waals surface area contributed by atoms with Crippen molar-refractivity contribution in [2.45, 2.75) is 26.4 Å². The van der Waals surface area contributed by atoms with Crippen LogP contribution < -0.4 is 9.47 Å². The van der Waals surface area contributed by atoms with Crippen molar-refractivity contribution in [3.05, 3.63) is 53.7 Å². The summed E-state index contributed by atoms with van der Waals surface area (Å²) < 4.78 is 12.8. The molecule has 0 N–H and O–H groups in total. The Morgan fingerprint density at radius 1 is 1.03 bits per heavy atom. The number of aromatic nitrogens is 2. The van der Waals surface area contributed by atoms with E-state index in [1.165, 1.54) is 11.1 Å². The van der Waals surface area contributed by atoms with Gasteiger partial charge in [0.1, 0.15) is 0 Å². The third-order valence-corrected chi connectivity index (χ3v) is 5.91. The molecule has 1 aromatic heterocycles. The molecule has 0 radical (unpaired) electrons. The van der Waals surface area contributed by atoms with Crippen molar-refractivity contribution >= 4 is 16.8 Å². The molecule has 3 aromatic rings. The number of ether oxygens (including phenoxy) is 2. The molecule has 3 heterocycles. The van der Waals surface area contributed by atoms with Crippen molar-refractivity contribution in [1.82, 2.24) is 19.6 Å². The maximum absolute atomic E-state index is 12.7. The van der Waals surface area contributed by atoms with Gasteiger partial charge in [0.05, 0.1) is 18.3 Å². The zero-order valence-electron chi connectivity index (χ0n) is 17.2. The minimum Gasteiger partial charge on any atom is -0.454 e. The highest BCUT2D eigenvalue weighted by Crippen LogP contribution is 2.32. The molecule has 2 aromatic carbocycles. The minimum atomic E-state index is 0.203. The maximum atomic E-state index is 12.7. The van der Waals surface area contributed by atoms with Gasteiger partial charge < -0.3 is 14.4 Å². The van der Waals surface area contributed by atoms with Gasteiger partial charge in [-0.05, 0) is 36.2 Å². The third kappa shape index (κ3) is 3.85. The van der Waals surface area contributed by atoms with Crippen LogP contribution in [-0.4, -0.2) is 58.5 Å². The molecule has 2 aliphatic rings. The zero-order chi connectivity index (χ0) is 20.5. The molecule has 0 spiro atoms. The van der Waals surface area contributed by atoms with E-state index in [4.69, 9.17) is 9.47 Å². The number of fused-ring (bicyclic) bond motifs is 2. The summed E-state index contributed by atoms with van der Waals surface area (Å²) >= 11 is 0. The molecule has 0 aliphatic carbocycles. The number of hydrogen-bond acceptors (Lipinski definition) is 5. The normalized spacial score (nSPS) is 16.4. The molecule has 7 heteroatoms. The lowest BCUT2D eigenvalue weighted by molar-refractivity contribution is -0.133. The summed E-state index contributed by atoms with van der Waals surface area (Å²) in [6.07, 6.45) is 2.35. The SMILES string of the molecule is Cc1ccc2cnn(CCC(=O)N3CCN(Cc4ccc5c(c4)OCO5)CC3)c2c1. The van der Waals surface area contributed by atoms with Crippen LogP contribution in [0.3, 0.4) is 0 Å². The summed E-state index contributed by atoms with van der Waals surface area (Å²) in [6.45, 7) is 7.14. The van der Waals surface area contributed by atoms with Gasteiger partial charge in [0.15, 0.2) is 11.5 Å². The van der Waals surface area contributed by atoms with Crippen LogP contribution in [0.15, 0.2) is 42.6 Å². The lowest BCUT2D eigenvalue weighted by Crippen LogP contribution is -2.48. The molecule has 0 atom stereocenters. The second-order valence-corrected chi connectivity index (χ2v) is 8.02. The molecule has 0 bridgehead atoms. The van der Waals surface area contributed by atoms with E-state index in [0.29, 0.717) is 19.8 Å². The number of amides is 1. The number of nitrogens with zero attached hydrogens (tertiary/aromatic N) is 4. The van der Waals surface area contributed by atoms with Gasteiger partial charge in [0.25, 0.3) is 0 Å². The van der Waals surface area contributed by atoms with Crippen LogP contribution in [0.5, 0.6) is 11.5 Å². The quantitative estimate of drug-likeness (QED) is 0.652.